The van der Waals surface area contributed by atoms with Crippen LogP contribution in [0.3, 0.4) is 0 Å². The SMILES string of the molecule is NC1CCc2cc(OCCCC(F)(F)F)ccc21. The van der Waals surface area contributed by atoms with Crippen molar-refractivity contribution in [1.29, 1.82) is 0 Å². The highest BCUT2D eigenvalue weighted by molar-refractivity contribution is 5.40. The molecule has 1 aromatic rings. The Morgan fingerprint density at radius 1 is 1.33 bits per heavy atom. The Hall–Kier alpha value is -1.23. The molecule has 0 saturated heterocycles. The van der Waals surface area contributed by atoms with Crippen molar-refractivity contribution < 1.29 is 17.9 Å². The first kappa shape index (κ1) is 13.2. The van der Waals surface area contributed by atoms with Crippen molar-refractivity contribution >= 4 is 0 Å². The Morgan fingerprint density at radius 3 is 2.83 bits per heavy atom. The first-order chi connectivity index (χ1) is 8.46. The van der Waals surface area contributed by atoms with Crippen LogP contribution in [0, 0.1) is 0 Å². The Morgan fingerprint density at radius 2 is 2.11 bits per heavy atom. The largest absolute Gasteiger partial charge is 0.494 e. The van der Waals surface area contributed by atoms with Crippen LogP contribution in [0.1, 0.15) is 36.4 Å². The molecular weight excluding hydrogens is 243 g/mol. The monoisotopic (exact) mass is 259 g/mol. The minimum Gasteiger partial charge on any atom is -0.494 e. The highest BCUT2D eigenvalue weighted by atomic mass is 19.4. The van der Waals surface area contributed by atoms with Gasteiger partial charge in [0.25, 0.3) is 0 Å². The summed E-state index contributed by atoms with van der Waals surface area (Å²) in [4.78, 5) is 0. The van der Waals surface area contributed by atoms with Crippen LogP contribution in [0.5, 0.6) is 5.75 Å². The number of benzene rings is 1. The molecule has 2 rings (SSSR count). The predicted molar refractivity (Wildman–Crippen MR) is 62.5 cm³/mol. The van der Waals surface area contributed by atoms with Crippen LogP contribution >= 0.6 is 0 Å². The third-order valence-corrected chi connectivity index (χ3v) is 3.11. The minimum atomic E-state index is -4.10. The quantitative estimate of drug-likeness (QED) is 0.841. The molecule has 1 aliphatic carbocycles. The molecule has 100 valence electrons. The maximum absolute atomic E-state index is 11.9. The fourth-order valence-corrected chi connectivity index (χ4v) is 2.18. The number of aryl methyl sites for hydroxylation is 1. The van der Waals surface area contributed by atoms with Crippen molar-refractivity contribution in [2.75, 3.05) is 6.61 Å². The molecule has 0 amide bonds. The van der Waals surface area contributed by atoms with Gasteiger partial charge in [-0.3, -0.25) is 0 Å². The number of fused-ring (bicyclic) bond motifs is 1. The summed E-state index contributed by atoms with van der Waals surface area (Å²) in [6.45, 7) is 0.0876. The number of hydrogen-bond donors (Lipinski definition) is 1. The zero-order valence-electron chi connectivity index (χ0n) is 9.96. The van der Waals surface area contributed by atoms with E-state index in [1.54, 1.807) is 6.07 Å². The number of halogens is 3. The summed E-state index contributed by atoms with van der Waals surface area (Å²) < 4.78 is 41.1. The molecule has 0 bridgehead atoms. The lowest BCUT2D eigenvalue weighted by Gasteiger charge is -2.10. The molecule has 2 N–H and O–H groups in total. The normalized spacial score (nSPS) is 18.8. The summed E-state index contributed by atoms with van der Waals surface area (Å²) in [6, 6.07) is 5.65. The fourth-order valence-electron chi connectivity index (χ4n) is 2.18. The molecule has 0 spiro atoms. The zero-order chi connectivity index (χ0) is 13.2. The van der Waals surface area contributed by atoms with Crippen molar-refractivity contribution in [1.82, 2.24) is 0 Å². The summed E-state index contributed by atoms with van der Waals surface area (Å²) in [6.07, 6.45) is -3.08. The zero-order valence-corrected chi connectivity index (χ0v) is 9.96. The van der Waals surface area contributed by atoms with E-state index < -0.39 is 12.6 Å². The third-order valence-electron chi connectivity index (χ3n) is 3.11. The highest BCUT2D eigenvalue weighted by Crippen LogP contribution is 2.32. The Balaban J connectivity index is 1.84. The molecule has 0 heterocycles. The molecule has 1 aromatic carbocycles. The predicted octanol–water partition coefficient (Wildman–Crippen LogP) is 3.35. The van der Waals surface area contributed by atoms with Crippen LogP contribution in [0.2, 0.25) is 0 Å². The average molecular weight is 259 g/mol. The first-order valence-electron chi connectivity index (χ1n) is 6.04. The standard InChI is InChI=1S/C13H16F3NO/c14-13(15,16)6-1-7-18-10-3-4-11-9(8-10)2-5-12(11)17/h3-4,8,12H,1-2,5-7,17H2. The fraction of sp³-hybridized carbons (Fsp3) is 0.538. The second-order valence-electron chi connectivity index (χ2n) is 4.57. The van der Waals surface area contributed by atoms with Crippen molar-refractivity contribution in [3.8, 4) is 5.75 Å². The summed E-state index contributed by atoms with van der Waals surface area (Å²) >= 11 is 0. The summed E-state index contributed by atoms with van der Waals surface area (Å²) in [7, 11) is 0. The first-order valence-corrected chi connectivity index (χ1v) is 6.04. The van der Waals surface area contributed by atoms with Gasteiger partial charge in [-0.05, 0) is 42.5 Å². The van der Waals surface area contributed by atoms with Gasteiger partial charge >= 0.3 is 6.18 Å². The van der Waals surface area contributed by atoms with Gasteiger partial charge in [0, 0.05) is 12.5 Å². The van der Waals surface area contributed by atoms with E-state index in [1.807, 2.05) is 12.1 Å². The van der Waals surface area contributed by atoms with Crippen LogP contribution < -0.4 is 10.5 Å². The van der Waals surface area contributed by atoms with Gasteiger partial charge in [0.2, 0.25) is 0 Å². The Kier molecular flexibility index (Phi) is 3.80. The summed E-state index contributed by atoms with van der Waals surface area (Å²) in [5.74, 6) is 0.630. The number of ether oxygens (including phenoxy) is 1. The lowest BCUT2D eigenvalue weighted by atomic mass is 10.1. The van der Waals surface area contributed by atoms with Crippen LogP contribution in [0.4, 0.5) is 13.2 Å². The molecular formula is C13H16F3NO. The van der Waals surface area contributed by atoms with Gasteiger partial charge in [0.1, 0.15) is 5.75 Å². The molecule has 1 aliphatic rings. The van der Waals surface area contributed by atoms with E-state index in [1.165, 1.54) is 0 Å². The Bertz CT molecular complexity index is 417. The maximum Gasteiger partial charge on any atom is 0.389 e. The van der Waals surface area contributed by atoms with E-state index in [9.17, 15) is 13.2 Å². The van der Waals surface area contributed by atoms with Crippen molar-refractivity contribution in [2.24, 2.45) is 5.73 Å². The van der Waals surface area contributed by atoms with Crippen LogP contribution in [0.15, 0.2) is 18.2 Å². The van der Waals surface area contributed by atoms with Crippen molar-refractivity contribution in [3.63, 3.8) is 0 Å². The second-order valence-corrected chi connectivity index (χ2v) is 4.57. The van der Waals surface area contributed by atoms with Crippen LogP contribution in [0.25, 0.3) is 0 Å². The van der Waals surface area contributed by atoms with Crippen LogP contribution in [-0.2, 0) is 6.42 Å². The third kappa shape index (κ3) is 3.38. The lowest BCUT2D eigenvalue weighted by molar-refractivity contribution is -0.136. The molecule has 5 heteroatoms. The van der Waals surface area contributed by atoms with E-state index in [4.69, 9.17) is 10.5 Å². The van der Waals surface area contributed by atoms with Gasteiger partial charge < -0.3 is 10.5 Å². The molecule has 1 atom stereocenters. The second kappa shape index (κ2) is 5.18. The van der Waals surface area contributed by atoms with Crippen molar-refractivity contribution in [3.05, 3.63) is 29.3 Å². The van der Waals surface area contributed by atoms with Gasteiger partial charge in [-0.1, -0.05) is 6.07 Å². The smallest absolute Gasteiger partial charge is 0.389 e. The molecule has 18 heavy (non-hydrogen) atoms. The molecule has 0 aromatic heterocycles. The molecule has 0 aliphatic heterocycles. The average Bonchev–Trinajstić information content (AvgIpc) is 2.65. The van der Waals surface area contributed by atoms with Crippen LogP contribution in [-0.4, -0.2) is 12.8 Å². The molecule has 0 fully saturated rings. The lowest BCUT2D eigenvalue weighted by Crippen LogP contribution is -2.09. The van der Waals surface area contributed by atoms with Gasteiger partial charge in [-0.2, -0.15) is 13.2 Å². The number of rotatable bonds is 4. The Labute approximate surface area is 104 Å². The number of nitrogens with two attached hydrogens (primary N) is 1. The molecule has 2 nitrogen and oxygen atoms in total. The van der Waals surface area contributed by atoms with Gasteiger partial charge in [0.05, 0.1) is 6.61 Å². The van der Waals surface area contributed by atoms with E-state index in [2.05, 4.69) is 0 Å². The maximum atomic E-state index is 11.9. The van der Waals surface area contributed by atoms with E-state index in [0.29, 0.717) is 5.75 Å². The highest BCUT2D eigenvalue weighted by Gasteiger charge is 2.26. The number of hydrogen-bond acceptors (Lipinski definition) is 2. The molecule has 0 saturated carbocycles. The summed E-state index contributed by atoms with van der Waals surface area (Å²) in [5.41, 5.74) is 8.17. The van der Waals surface area contributed by atoms with Gasteiger partial charge in [-0.25, -0.2) is 0 Å². The number of alkyl halides is 3. The summed E-state index contributed by atoms with van der Waals surface area (Å²) in [5, 5.41) is 0. The molecule has 1 unspecified atom stereocenters. The van der Waals surface area contributed by atoms with Gasteiger partial charge in [-0.15, -0.1) is 0 Å². The van der Waals surface area contributed by atoms with E-state index in [0.717, 1.165) is 24.0 Å². The van der Waals surface area contributed by atoms with Gasteiger partial charge in [0.15, 0.2) is 0 Å². The van der Waals surface area contributed by atoms with Crippen molar-refractivity contribution in [2.45, 2.75) is 37.9 Å². The molecule has 0 radical (unpaired) electrons. The van der Waals surface area contributed by atoms with E-state index >= 15 is 0 Å². The van der Waals surface area contributed by atoms with E-state index in [-0.39, 0.29) is 19.1 Å². The minimum absolute atomic E-state index is 0.0138. The topological polar surface area (TPSA) is 35.2 Å².